The molecule has 12 heavy (non-hydrogen) atoms. The summed E-state index contributed by atoms with van der Waals surface area (Å²) in [5.74, 6) is -0.00991. The van der Waals surface area contributed by atoms with Crippen molar-refractivity contribution in [2.75, 3.05) is 0 Å². The van der Waals surface area contributed by atoms with Gasteiger partial charge >= 0.3 is 0 Å². The van der Waals surface area contributed by atoms with Gasteiger partial charge in [-0.05, 0) is 0 Å². The minimum atomic E-state index is -0.00870. The summed E-state index contributed by atoms with van der Waals surface area (Å²) in [5.41, 5.74) is 0.530. The molecule has 2 rings (SSSR count). The van der Waals surface area contributed by atoms with Crippen molar-refractivity contribution in [2.24, 2.45) is 0 Å². The molecular formula is C8H6N2O2. The molecule has 0 aliphatic heterocycles. The number of hydrogen-bond donors (Lipinski definition) is 2. The maximum Gasteiger partial charge on any atom is 0.130 e. The zero-order valence-corrected chi connectivity index (χ0v) is 6.10. The summed E-state index contributed by atoms with van der Waals surface area (Å²) in [6.07, 6.45) is 2.86. The van der Waals surface area contributed by atoms with Gasteiger partial charge in [-0.25, -0.2) is 9.97 Å². The van der Waals surface area contributed by atoms with E-state index < -0.39 is 0 Å². The molecule has 0 spiro atoms. The van der Waals surface area contributed by atoms with Crippen molar-refractivity contribution in [3.8, 4) is 11.5 Å². The van der Waals surface area contributed by atoms with Crippen LogP contribution in [0.4, 0.5) is 0 Å². The van der Waals surface area contributed by atoms with E-state index in [-0.39, 0.29) is 11.5 Å². The number of hydrogen-bond acceptors (Lipinski definition) is 4. The van der Waals surface area contributed by atoms with Gasteiger partial charge < -0.3 is 10.2 Å². The molecule has 0 bridgehead atoms. The van der Waals surface area contributed by atoms with Crippen LogP contribution in [-0.2, 0) is 0 Å². The average molecular weight is 162 g/mol. The maximum atomic E-state index is 9.31. The van der Waals surface area contributed by atoms with Crippen molar-refractivity contribution in [3.05, 3.63) is 24.7 Å². The summed E-state index contributed by atoms with van der Waals surface area (Å²) in [6, 6.07) is 2.72. The predicted molar refractivity (Wildman–Crippen MR) is 42.9 cm³/mol. The lowest BCUT2D eigenvalue weighted by molar-refractivity contribution is 0.455. The lowest BCUT2D eigenvalue weighted by Crippen LogP contribution is -1.80. The van der Waals surface area contributed by atoms with Gasteiger partial charge in [0.15, 0.2) is 0 Å². The third kappa shape index (κ3) is 0.934. The molecule has 0 saturated carbocycles. The van der Waals surface area contributed by atoms with Gasteiger partial charge in [0.25, 0.3) is 0 Å². The van der Waals surface area contributed by atoms with Crippen LogP contribution >= 0.6 is 0 Å². The van der Waals surface area contributed by atoms with Crippen LogP contribution in [0.2, 0.25) is 0 Å². The van der Waals surface area contributed by atoms with E-state index in [4.69, 9.17) is 5.11 Å². The normalized spacial score (nSPS) is 10.3. The largest absolute Gasteiger partial charge is 0.508 e. The van der Waals surface area contributed by atoms with E-state index in [0.29, 0.717) is 10.9 Å². The second-order valence-corrected chi connectivity index (χ2v) is 2.42. The number of phenolic OH excluding ortho intramolecular Hbond substituents is 2. The summed E-state index contributed by atoms with van der Waals surface area (Å²) in [5, 5.41) is 18.9. The van der Waals surface area contributed by atoms with Crippen LogP contribution in [0.15, 0.2) is 24.7 Å². The van der Waals surface area contributed by atoms with Crippen molar-refractivity contribution >= 4 is 10.9 Å². The number of rotatable bonds is 0. The van der Waals surface area contributed by atoms with Gasteiger partial charge in [0, 0.05) is 18.3 Å². The number of nitrogens with zero attached hydrogens (tertiary/aromatic N) is 2. The van der Waals surface area contributed by atoms with Crippen LogP contribution in [-0.4, -0.2) is 20.2 Å². The SMILES string of the molecule is Oc1cc(O)c2cncnc2c1. The molecule has 1 aromatic heterocycles. The third-order valence-electron chi connectivity index (χ3n) is 1.59. The van der Waals surface area contributed by atoms with Gasteiger partial charge in [0.05, 0.1) is 10.9 Å². The summed E-state index contributed by atoms with van der Waals surface area (Å²) in [4.78, 5) is 7.62. The van der Waals surface area contributed by atoms with Crippen molar-refractivity contribution < 1.29 is 10.2 Å². The topological polar surface area (TPSA) is 66.2 Å². The monoisotopic (exact) mass is 162 g/mol. The highest BCUT2D eigenvalue weighted by molar-refractivity contribution is 5.85. The quantitative estimate of drug-likeness (QED) is 0.607. The highest BCUT2D eigenvalue weighted by Gasteiger charge is 2.01. The zero-order chi connectivity index (χ0) is 8.55. The smallest absolute Gasteiger partial charge is 0.130 e. The molecule has 0 atom stereocenters. The molecule has 0 aliphatic carbocycles. The Bertz CT molecular complexity index is 428. The zero-order valence-electron chi connectivity index (χ0n) is 6.10. The fourth-order valence-electron chi connectivity index (χ4n) is 1.05. The molecule has 1 heterocycles. The van der Waals surface area contributed by atoms with Crippen LogP contribution in [0, 0.1) is 0 Å². The maximum absolute atomic E-state index is 9.31. The first-order chi connectivity index (χ1) is 5.77. The summed E-state index contributed by atoms with van der Waals surface area (Å²) in [6.45, 7) is 0. The highest BCUT2D eigenvalue weighted by atomic mass is 16.3. The Labute approximate surface area is 68.1 Å². The van der Waals surface area contributed by atoms with Crippen molar-refractivity contribution in [2.45, 2.75) is 0 Å². The average Bonchev–Trinajstić information content (AvgIpc) is 2.04. The Morgan fingerprint density at radius 1 is 1.17 bits per heavy atom. The number of phenols is 2. The molecule has 4 heteroatoms. The minimum Gasteiger partial charge on any atom is -0.508 e. The van der Waals surface area contributed by atoms with E-state index in [2.05, 4.69) is 9.97 Å². The molecule has 1 aromatic carbocycles. The van der Waals surface area contributed by atoms with E-state index >= 15 is 0 Å². The Balaban J connectivity index is 2.89. The standard InChI is InChI=1S/C8H6N2O2/c11-5-1-7-6(8(12)2-5)3-9-4-10-7/h1-4,11-12H. The Hall–Kier alpha value is -1.84. The van der Waals surface area contributed by atoms with Crippen LogP contribution in [0.3, 0.4) is 0 Å². The minimum absolute atomic E-state index is 0.00120. The summed E-state index contributed by atoms with van der Waals surface area (Å²) < 4.78 is 0. The Morgan fingerprint density at radius 2 is 2.00 bits per heavy atom. The molecule has 2 N–H and O–H groups in total. The van der Waals surface area contributed by atoms with Crippen LogP contribution in [0.1, 0.15) is 0 Å². The van der Waals surface area contributed by atoms with Gasteiger partial charge in [-0.3, -0.25) is 0 Å². The van der Waals surface area contributed by atoms with E-state index in [1.54, 1.807) is 0 Å². The first-order valence-electron chi connectivity index (χ1n) is 3.39. The second kappa shape index (κ2) is 2.34. The lowest BCUT2D eigenvalue weighted by Gasteiger charge is -1.99. The molecule has 0 amide bonds. The summed E-state index contributed by atoms with van der Waals surface area (Å²) in [7, 11) is 0. The molecule has 4 nitrogen and oxygen atoms in total. The van der Waals surface area contributed by atoms with E-state index in [1.807, 2.05) is 0 Å². The van der Waals surface area contributed by atoms with Gasteiger partial charge in [0.1, 0.15) is 17.8 Å². The Kier molecular flexibility index (Phi) is 1.33. The molecular weight excluding hydrogens is 156 g/mol. The van der Waals surface area contributed by atoms with E-state index in [1.165, 1.54) is 24.7 Å². The highest BCUT2D eigenvalue weighted by Crippen LogP contribution is 2.26. The fourth-order valence-corrected chi connectivity index (χ4v) is 1.05. The number of benzene rings is 1. The predicted octanol–water partition coefficient (Wildman–Crippen LogP) is 1.04. The molecule has 0 aliphatic rings. The van der Waals surface area contributed by atoms with Gasteiger partial charge in [-0.1, -0.05) is 0 Å². The number of aromatic nitrogens is 2. The molecule has 60 valence electrons. The van der Waals surface area contributed by atoms with Gasteiger partial charge in [-0.15, -0.1) is 0 Å². The summed E-state index contributed by atoms with van der Waals surface area (Å²) >= 11 is 0. The first-order valence-corrected chi connectivity index (χ1v) is 3.39. The number of fused-ring (bicyclic) bond motifs is 1. The van der Waals surface area contributed by atoms with Crippen molar-refractivity contribution in [3.63, 3.8) is 0 Å². The molecule has 2 aromatic rings. The lowest BCUT2D eigenvalue weighted by atomic mass is 10.2. The van der Waals surface area contributed by atoms with Crippen LogP contribution in [0.25, 0.3) is 10.9 Å². The van der Waals surface area contributed by atoms with Gasteiger partial charge in [0.2, 0.25) is 0 Å². The second-order valence-electron chi connectivity index (χ2n) is 2.42. The fraction of sp³-hybridized carbons (Fsp3) is 0. The van der Waals surface area contributed by atoms with E-state index in [0.717, 1.165) is 0 Å². The first kappa shape index (κ1) is 6.84. The molecule has 0 saturated heterocycles. The number of aromatic hydroxyl groups is 2. The third-order valence-corrected chi connectivity index (χ3v) is 1.59. The molecule has 0 unspecified atom stereocenters. The van der Waals surface area contributed by atoms with Crippen molar-refractivity contribution in [1.29, 1.82) is 0 Å². The van der Waals surface area contributed by atoms with Gasteiger partial charge in [-0.2, -0.15) is 0 Å². The van der Waals surface area contributed by atoms with Crippen molar-refractivity contribution in [1.82, 2.24) is 9.97 Å². The molecule has 0 radical (unpaired) electrons. The molecule has 0 fully saturated rings. The van der Waals surface area contributed by atoms with E-state index in [9.17, 15) is 5.11 Å². The Morgan fingerprint density at radius 3 is 2.83 bits per heavy atom. The van der Waals surface area contributed by atoms with Crippen LogP contribution in [0.5, 0.6) is 11.5 Å². The van der Waals surface area contributed by atoms with Crippen LogP contribution < -0.4 is 0 Å².